The predicted octanol–water partition coefficient (Wildman–Crippen LogP) is 6.15. The van der Waals surface area contributed by atoms with E-state index >= 15 is 0 Å². The van der Waals surface area contributed by atoms with Crippen molar-refractivity contribution in [2.75, 3.05) is 5.75 Å². The van der Waals surface area contributed by atoms with Crippen LogP contribution in [0, 0.1) is 0 Å². The maximum atomic E-state index is 6.15. The Hall–Kier alpha value is -2.23. The number of rotatable bonds is 5. The molecule has 0 aliphatic carbocycles. The average Bonchev–Trinajstić information content (AvgIpc) is 3.14. The second-order valence-corrected chi connectivity index (χ2v) is 7.76. The Morgan fingerprint density at radius 2 is 1.65 bits per heavy atom. The lowest BCUT2D eigenvalue weighted by Crippen LogP contribution is -2.29. The Kier molecular flexibility index (Phi) is 5.00. The first-order valence-corrected chi connectivity index (χ1v) is 9.86. The van der Waals surface area contributed by atoms with Crippen LogP contribution < -0.4 is 0 Å². The van der Waals surface area contributed by atoms with Gasteiger partial charge in [0, 0.05) is 27.7 Å². The molecule has 1 aliphatic heterocycles. The highest BCUT2D eigenvalue weighted by Gasteiger charge is 2.41. The van der Waals surface area contributed by atoms with E-state index in [2.05, 4.69) is 41.6 Å². The molecule has 1 aliphatic rings. The molecule has 4 rings (SSSR count). The van der Waals surface area contributed by atoms with Crippen LogP contribution in [-0.2, 0) is 10.4 Å². The zero-order chi connectivity index (χ0) is 17.8. The first-order chi connectivity index (χ1) is 12.8. The highest BCUT2D eigenvalue weighted by molar-refractivity contribution is 7.99. The molecule has 3 aromatic carbocycles. The van der Waals surface area contributed by atoms with Crippen LogP contribution in [0.3, 0.4) is 0 Å². The van der Waals surface area contributed by atoms with Gasteiger partial charge < -0.3 is 4.84 Å². The molecule has 0 bridgehead atoms. The lowest BCUT2D eigenvalue weighted by molar-refractivity contribution is -0.00317. The van der Waals surface area contributed by atoms with Crippen LogP contribution in [0.15, 0.2) is 95.0 Å². The number of thioether (sulfide) groups is 1. The van der Waals surface area contributed by atoms with Gasteiger partial charge in [-0.15, -0.1) is 11.8 Å². The highest BCUT2D eigenvalue weighted by Crippen LogP contribution is 2.41. The summed E-state index contributed by atoms with van der Waals surface area (Å²) in [6.45, 7) is 0. The number of hydrogen-bond acceptors (Lipinski definition) is 3. The van der Waals surface area contributed by atoms with Gasteiger partial charge in [-0.1, -0.05) is 77.4 Å². The minimum absolute atomic E-state index is 0.473. The summed E-state index contributed by atoms with van der Waals surface area (Å²) in [5.41, 5.74) is 2.62. The van der Waals surface area contributed by atoms with Gasteiger partial charge in [0.05, 0.1) is 5.71 Å². The van der Waals surface area contributed by atoms with Crippen LogP contribution in [0.1, 0.15) is 17.5 Å². The maximum absolute atomic E-state index is 6.15. The smallest absolute Gasteiger partial charge is 0.177 e. The van der Waals surface area contributed by atoms with Gasteiger partial charge >= 0.3 is 0 Å². The van der Waals surface area contributed by atoms with Crippen molar-refractivity contribution >= 4 is 29.1 Å². The highest BCUT2D eigenvalue weighted by atomic mass is 35.5. The fraction of sp³-hybridized carbons (Fsp3) is 0.136. The van der Waals surface area contributed by atoms with Crippen molar-refractivity contribution in [2.45, 2.75) is 16.9 Å². The molecule has 0 fully saturated rings. The number of hydrogen-bond donors (Lipinski definition) is 0. The minimum Gasteiger partial charge on any atom is -0.383 e. The predicted molar refractivity (Wildman–Crippen MR) is 109 cm³/mol. The van der Waals surface area contributed by atoms with Crippen molar-refractivity contribution in [2.24, 2.45) is 5.16 Å². The van der Waals surface area contributed by atoms with Crippen LogP contribution in [-0.4, -0.2) is 11.5 Å². The van der Waals surface area contributed by atoms with E-state index in [1.165, 1.54) is 4.90 Å². The quantitative estimate of drug-likeness (QED) is 0.495. The average molecular weight is 380 g/mol. The van der Waals surface area contributed by atoms with Crippen LogP contribution in [0.25, 0.3) is 0 Å². The van der Waals surface area contributed by atoms with Gasteiger partial charge in [-0.3, -0.25) is 0 Å². The monoisotopic (exact) mass is 379 g/mol. The standard InChI is InChI=1S/C22H18ClNOS/c23-19-11-7-8-17(14-19)21-15-22(25-24-21,18-9-3-1-4-10-18)16-26-20-12-5-2-6-13-20/h1-14H,15-16H2/t22-/m1/s1. The molecule has 0 radical (unpaired) electrons. The molecule has 0 unspecified atom stereocenters. The summed E-state index contributed by atoms with van der Waals surface area (Å²) < 4.78 is 0. The van der Waals surface area contributed by atoms with Gasteiger partial charge in [-0.2, -0.15) is 0 Å². The molecule has 0 saturated carbocycles. The fourth-order valence-electron chi connectivity index (χ4n) is 3.07. The zero-order valence-electron chi connectivity index (χ0n) is 14.1. The lowest BCUT2D eigenvalue weighted by atomic mass is 9.89. The molecule has 2 nitrogen and oxygen atoms in total. The van der Waals surface area contributed by atoms with Gasteiger partial charge in [0.25, 0.3) is 0 Å². The van der Waals surface area contributed by atoms with E-state index in [0.717, 1.165) is 29.0 Å². The van der Waals surface area contributed by atoms with E-state index < -0.39 is 5.60 Å². The number of halogens is 1. The van der Waals surface area contributed by atoms with E-state index in [9.17, 15) is 0 Å². The van der Waals surface area contributed by atoms with E-state index in [1.54, 1.807) is 11.8 Å². The third-order valence-electron chi connectivity index (χ3n) is 4.46. The minimum atomic E-state index is -0.473. The molecule has 0 N–H and O–H groups in total. The third kappa shape index (κ3) is 3.64. The third-order valence-corrected chi connectivity index (χ3v) is 5.91. The van der Waals surface area contributed by atoms with Crippen molar-refractivity contribution in [3.05, 3.63) is 101 Å². The van der Waals surface area contributed by atoms with Crippen LogP contribution in [0.5, 0.6) is 0 Å². The van der Waals surface area contributed by atoms with E-state index in [-0.39, 0.29) is 0 Å². The van der Waals surface area contributed by atoms with Crippen LogP contribution in [0.4, 0.5) is 0 Å². The molecule has 0 spiro atoms. The Bertz CT molecular complexity index is 914. The molecule has 130 valence electrons. The summed E-state index contributed by atoms with van der Waals surface area (Å²) in [6, 6.07) is 28.5. The molecule has 1 heterocycles. The first kappa shape index (κ1) is 17.2. The molecule has 1 atom stereocenters. The maximum Gasteiger partial charge on any atom is 0.177 e. The molecular formula is C22H18ClNOS. The molecule has 0 aromatic heterocycles. The summed E-state index contributed by atoms with van der Waals surface area (Å²) in [7, 11) is 0. The summed E-state index contributed by atoms with van der Waals surface area (Å²) in [5, 5.41) is 5.14. The summed E-state index contributed by atoms with van der Waals surface area (Å²) in [5.74, 6) is 0.786. The second-order valence-electron chi connectivity index (χ2n) is 6.28. The molecule has 26 heavy (non-hydrogen) atoms. The lowest BCUT2D eigenvalue weighted by Gasteiger charge is -2.27. The topological polar surface area (TPSA) is 21.6 Å². The van der Waals surface area contributed by atoms with Crippen molar-refractivity contribution in [3.8, 4) is 0 Å². The fourth-order valence-corrected chi connectivity index (χ4v) is 4.34. The Morgan fingerprint density at radius 3 is 2.38 bits per heavy atom. The van der Waals surface area contributed by atoms with E-state index in [0.29, 0.717) is 5.02 Å². The Morgan fingerprint density at radius 1 is 0.923 bits per heavy atom. The summed E-state index contributed by atoms with van der Waals surface area (Å²) >= 11 is 7.94. The van der Waals surface area contributed by atoms with Crippen molar-refractivity contribution in [1.29, 1.82) is 0 Å². The van der Waals surface area contributed by atoms with Gasteiger partial charge in [0.1, 0.15) is 0 Å². The van der Waals surface area contributed by atoms with E-state index in [4.69, 9.17) is 16.4 Å². The van der Waals surface area contributed by atoms with Crippen LogP contribution >= 0.6 is 23.4 Å². The molecule has 4 heteroatoms. The summed E-state index contributed by atoms with van der Waals surface area (Å²) in [6.07, 6.45) is 0.719. The van der Waals surface area contributed by atoms with Gasteiger partial charge in [0.2, 0.25) is 0 Å². The summed E-state index contributed by atoms with van der Waals surface area (Å²) in [4.78, 5) is 7.30. The number of nitrogens with zero attached hydrogens (tertiary/aromatic N) is 1. The molecule has 3 aromatic rings. The Balaban J connectivity index is 1.61. The molecule has 0 saturated heterocycles. The zero-order valence-corrected chi connectivity index (χ0v) is 15.7. The number of oxime groups is 1. The largest absolute Gasteiger partial charge is 0.383 e. The van der Waals surface area contributed by atoms with Gasteiger partial charge in [-0.25, -0.2) is 0 Å². The number of benzene rings is 3. The van der Waals surface area contributed by atoms with Gasteiger partial charge in [0.15, 0.2) is 5.60 Å². The SMILES string of the molecule is Clc1cccc(C2=NO[C@](CSc3ccccc3)(c3ccccc3)C2)c1. The van der Waals surface area contributed by atoms with Crippen molar-refractivity contribution in [3.63, 3.8) is 0 Å². The Labute approximate surface area is 162 Å². The second kappa shape index (κ2) is 7.56. The molecular weight excluding hydrogens is 362 g/mol. The van der Waals surface area contributed by atoms with Crippen LogP contribution in [0.2, 0.25) is 5.02 Å². The normalized spacial score (nSPS) is 19.0. The van der Waals surface area contributed by atoms with Crippen molar-refractivity contribution in [1.82, 2.24) is 0 Å². The van der Waals surface area contributed by atoms with Gasteiger partial charge in [-0.05, 0) is 29.8 Å². The first-order valence-electron chi connectivity index (χ1n) is 8.50. The van der Waals surface area contributed by atoms with Crippen molar-refractivity contribution < 1.29 is 4.84 Å². The van der Waals surface area contributed by atoms with E-state index in [1.807, 2.05) is 48.5 Å². The molecule has 0 amide bonds.